The summed E-state index contributed by atoms with van der Waals surface area (Å²) in [6, 6.07) is 13.4. The second-order valence-corrected chi connectivity index (χ2v) is 8.98. The van der Waals surface area contributed by atoms with E-state index >= 15 is 0 Å². The van der Waals surface area contributed by atoms with Crippen LogP contribution in [0.3, 0.4) is 0 Å². The van der Waals surface area contributed by atoms with E-state index < -0.39 is 28.8 Å². The number of carbonyl (C=O) groups excluding carboxylic acids is 2. The highest BCUT2D eigenvalue weighted by Gasteiger charge is 2.32. The van der Waals surface area contributed by atoms with Gasteiger partial charge in [-0.1, -0.05) is 35.9 Å². The number of methoxy groups -OCH3 is 1. The lowest BCUT2D eigenvalue weighted by Gasteiger charge is -2.31. The fourth-order valence-electron chi connectivity index (χ4n) is 4.26. The lowest BCUT2D eigenvalue weighted by Crippen LogP contribution is -2.49. The molecule has 0 radical (unpaired) electrons. The maximum Gasteiger partial charge on any atom is 0.352 e. The number of benzene rings is 2. The molecule has 0 unspecified atom stereocenters. The minimum absolute atomic E-state index is 0.0988. The van der Waals surface area contributed by atoms with E-state index in [4.69, 9.17) is 21.1 Å². The molecule has 1 aromatic heterocycles. The second kappa shape index (κ2) is 11.4. The van der Waals surface area contributed by atoms with Crippen molar-refractivity contribution >= 4 is 23.5 Å². The van der Waals surface area contributed by atoms with E-state index in [-0.39, 0.29) is 25.7 Å². The van der Waals surface area contributed by atoms with Gasteiger partial charge >= 0.3 is 11.7 Å². The quantitative estimate of drug-likeness (QED) is 0.435. The van der Waals surface area contributed by atoms with Crippen LogP contribution in [0.5, 0.6) is 5.75 Å². The summed E-state index contributed by atoms with van der Waals surface area (Å²) in [4.78, 5) is 54.2. The SMILES string of the molecule is CCOC(=O)[C@@H]1CCCN(C(=O)c2nn(-c3cccc(OC)c3)c(=O)n(Cc3ccccc3Cl)c2=O)C1. The highest BCUT2D eigenvalue weighted by atomic mass is 35.5. The Kier molecular flexibility index (Phi) is 8.08. The van der Waals surface area contributed by atoms with Crippen LogP contribution in [0.1, 0.15) is 35.8 Å². The van der Waals surface area contributed by atoms with E-state index in [1.165, 1.54) is 12.0 Å². The number of rotatable bonds is 7. The van der Waals surface area contributed by atoms with Crippen molar-refractivity contribution in [2.24, 2.45) is 5.92 Å². The molecule has 11 heteroatoms. The van der Waals surface area contributed by atoms with Gasteiger partial charge in [-0.2, -0.15) is 9.78 Å². The Balaban J connectivity index is 1.81. The molecule has 1 amide bonds. The molecule has 37 heavy (non-hydrogen) atoms. The van der Waals surface area contributed by atoms with Crippen LogP contribution in [-0.4, -0.2) is 57.9 Å². The fraction of sp³-hybridized carbons (Fsp3) is 0.346. The number of likely N-dealkylation sites (tertiary alicyclic amines) is 1. The third kappa shape index (κ3) is 5.59. The number of piperidine rings is 1. The van der Waals surface area contributed by atoms with Crippen molar-refractivity contribution in [2.75, 3.05) is 26.8 Å². The molecule has 1 fully saturated rings. The lowest BCUT2D eigenvalue weighted by atomic mass is 9.98. The van der Waals surface area contributed by atoms with Gasteiger partial charge in [0.05, 0.1) is 31.9 Å². The van der Waals surface area contributed by atoms with Crippen molar-refractivity contribution in [3.05, 3.63) is 85.6 Å². The molecule has 194 valence electrons. The summed E-state index contributed by atoms with van der Waals surface area (Å²) in [5.74, 6) is -1.07. The van der Waals surface area contributed by atoms with Crippen LogP contribution >= 0.6 is 11.6 Å². The van der Waals surface area contributed by atoms with Gasteiger partial charge in [0.25, 0.3) is 11.5 Å². The van der Waals surface area contributed by atoms with Gasteiger partial charge in [0.15, 0.2) is 0 Å². The van der Waals surface area contributed by atoms with Crippen LogP contribution in [0.2, 0.25) is 5.02 Å². The van der Waals surface area contributed by atoms with Crippen molar-refractivity contribution in [2.45, 2.75) is 26.3 Å². The van der Waals surface area contributed by atoms with Gasteiger partial charge < -0.3 is 14.4 Å². The van der Waals surface area contributed by atoms with E-state index in [0.717, 1.165) is 9.25 Å². The van der Waals surface area contributed by atoms with Crippen LogP contribution in [0.15, 0.2) is 58.1 Å². The number of ether oxygens (including phenoxy) is 2. The van der Waals surface area contributed by atoms with Gasteiger partial charge in [-0.15, -0.1) is 0 Å². The van der Waals surface area contributed by atoms with E-state index in [2.05, 4.69) is 5.10 Å². The summed E-state index contributed by atoms with van der Waals surface area (Å²) in [6.45, 7) is 2.25. The molecule has 0 N–H and O–H groups in total. The van der Waals surface area contributed by atoms with E-state index in [9.17, 15) is 19.2 Å². The normalized spacial score (nSPS) is 15.3. The smallest absolute Gasteiger partial charge is 0.352 e. The molecule has 10 nitrogen and oxygen atoms in total. The van der Waals surface area contributed by atoms with Crippen LogP contribution in [0.25, 0.3) is 5.69 Å². The Morgan fingerprint density at radius 2 is 1.92 bits per heavy atom. The van der Waals surface area contributed by atoms with Crippen molar-refractivity contribution in [1.29, 1.82) is 0 Å². The summed E-state index contributed by atoms with van der Waals surface area (Å²) in [7, 11) is 1.49. The number of halogens is 1. The Labute approximate surface area is 218 Å². The number of amides is 1. The number of hydrogen-bond acceptors (Lipinski definition) is 7. The van der Waals surface area contributed by atoms with Crippen molar-refractivity contribution in [1.82, 2.24) is 19.2 Å². The zero-order valence-corrected chi connectivity index (χ0v) is 21.3. The number of nitrogens with zero attached hydrogens (tertiary/aromatic N) is 4. The summed E-state index contributed by atoms with van der Waals surface area (Å²) in [6.07, 6.45) is 1.15. The molecule has 1 saturated heterocycles. The Bertz CT molecular complexity index is 1430. The first-order valence-corrected chi connectivity index (χ1v) is 12.3. The Hall–Kier alpha value is -3.92. The second-order valence-electron chi connectivity index (χ2n) is 8.57. The highest BCUT2D eigenvalue weighted by Crippen LogP contribution is 2.20. The first kappa shape index (κ1) is 26.2. The molecule has 1 atom stereocenters. The molecule has 0 saturated carbocycles. The standard InChI is InChI=1S/C26H27ClN4O6/c1-3-37-25(34)18-9-7-13-29(15-18)23(32)22-24(33)30(16-17-8-4-5-12-21(17)27)26(35)31(28-22)19-10-6-11-20(14-19)36-2/h4-6,8,10-12,14,18H,3,7,9,13,15-16H2,1-2H3/t18-/m1/s1. The summed E-state index contributed by atoms with van der Waals surface area (Å²) < 4.78 is 12.3. The first-order valence-electron chi connectivity index (χ1n) is 11.9. The van der Waals surface area contributed by atoms with Crippen LogP contribution < -0.4 is 16.0 Å². The van der Waals surface area contributed by atoms with Crippen LogP contribution in [0.4, 0.5) is 0 Å². The maximum atomic E-state index is 13.6. The minimum Gasteiger partial charge on any atom is -0.497 e. The van der Waals surface area contributed by atoms with Gasteiger partial charge in [0.2, 0.25) is 5.69 Å². The van der Waals surface area contributed by atoms with Gasteiger partial charge in [0.1, 0.15) is 5.75 Å². The molecule has 4 rings (SSSR count). The Morgan fingerprint density at radius 3 is 2.65 bits per heavy atom. The third-order valence-corrected chi connectivity index (χ3v) is 6.54. The maximum absolute atomic E-state index is 13.6. The zero-order chi connectivity index (χ0) is 26.5. The fourth-order valence-corrected chi connectivity index (χ4v) is 4.46. The van der Waals surface area contributed by atoms with Gasteiger partial charge in [-0.25, -0.2) is 4.79 Å². The topological polar surface area (TPSA) is 113 Å². The first-order chi connectivity index (χ1) is 17.8. The zero-order valence-electron chi connectivity index (χ0n) is 20.6. The highest BCUT2D eigenvalue weighted by molar-refractivity contribution is 6.31. The number of aromatic nitrogens is 3. The third-order valence-electron chi connectivity index (χ3n) is 6.18. The Morgan fingerprint density at radius 1 is 1.14 bits per heavy atom. The lowest BCUT2D eigenvalue weighted by molar-refractivity contribution is -0.149. The molecule has 1 aliphatic heterocycles. The van der Waals surface area contributed by atoms with E-state index in [1.807, 2.05) is 0 Å². The number of carbonyl (C=O) groups is 2. The molecule has 1 aliphatic rings. The molecular formula is C26H27ClN4O6. The van der Waals surface area contributed by atoms with Crippen LogP contribution in [-0.2, 0) is 16.1 Å². The molecule has 2 heterocycles. The van der Waals surface area contributed by atoms with Crippen molar-refractivity contribution < 1.29 is 19.1 Å². The largest absolute Gasteiger partial charge is 0.497 e. The molecule has 3 aromatic rings. The van der Waals surface area contributed by atoms with Gasteiger partial charge in [-0.05, 0) is 43.5 Å². The summed E-state index contributed by atoms with van der Waals surface area (Å²) in [5.41, 5.74) is -1.16. The summed E-state index contributed by atoms with van der Waals surface area (Å²) in [5, 5.41) is 4.57. The molecule has 0 bridgehead atoms. The monoisotopic (exact) mass is 526 g/mol. The van der Waals surface area contributed by atoms with Gasteiger partial charge in [0, 0.05) is 24.2 Å². The molecule has 0 aliphatic carbocycles. The van der Waals surface area contributed by atoms with Crippen molar-refractivity contribution in [3.8, 4) is 11.4 Å². The number of esters is 1. The average molecular weight is 527 g/mol. The van der Waals surface area contributed by atoms with Crippen LogP contribution in [0, 0.1) is 5.92 Å². The van der Waals surface area contributed by atoms with Crippen molar-refractivity contribution in [3.63, 3.8) is 0 Å². The van der Waals surface area contributed by atoms with Gasteiger partial charge in [-0.3, -0.25) is 19.0 Å². The van der Waals surface area contributed by atoms with E-state index in [1.54, 1.807) is 55.5 Å². The molecular weight excluding hydrogens is 500 g/mol. The predicted octanol–water partition coefficient (Wildman–Crippen LogP) is 2.52. The number of hydrogen-bond donors (Lipinski definition) is 0. The molecule has 0 spiro atoms. The minimum atomic E-state index is -0.840. The predicted molar refractivity (Wildman–Crippen MR) is 136 cm³/mol. The molecule has 2 aromatic carbocycles. The van der Waals surface area contributed by atoms with E-state index in [0.29, 0.717) is 41.4 Å². The average Bonchev–Trinajstić information content (AvgIpc) is 2.92. The summed E-state index contributed by atoms with van der Waals surface area (Å²) >= 11 is 6.30.